The molecule has 1 aliphatic heterocycles. The molecule has 48 heavy (non-hydrogen) atoms. The van der Waals surface area contributed by atoms with E-state index in [9.17, 15) is 13.2 Å². The molecule has 6 rings (SSSR count). The number of hydrogen-bond acceptors (Lipinski definition) is 8. The highest BCUT2D eigenvalue weighted by Crippen LogP contribution is 2.32. The number of sulfonamides is 1. The highest BCUT2D eigenvalue weighted by molar-refractivity contribution is 7.92. The molecule has 248 valence electrons. The summed E-state index contributed by atoms with van der Waals surface area (Å²) in [5, 5.41) is 3.01. The Kier molecular flexibility index (Phi) is 9.35. The van der Waals surface area contributed by atoms with Crippen LogP contribution < -0.4 is 9.46 Å². The first-order chi connectivity index (χ1) is 22.8. The van der Waals surface area contributed by atoms with E-state index in [0.29, 0.717) is 18.7 Å². The Morgan fingerprint density at radius 2 is 1.67 bits per heavy atom. The molecule has 0 saturated heterocycles. The normalized spacial score (nSPS) is 16.2. The van der Waals surface area contributed by atoms with Gasteiger partial charge < -0.3 is 9.64 Å². The Morgan fingerprint density at radius 1 is 0.958 bits per heavy atom. The average molecular weight is 682 g/mol. The lowest BCUT2D eigenvalue weighted by Gasteiger charge is -2.36. The van der Waals surface area contributed by atoms with Crippen LogP contribution in [0.2, 0.25) is 0 Å². The van der Waals surface area contributed by atoms with Crippen molar-refractivity contribution in [2.24, 2.45) is 5.41 Å². The number of thiazole rings is 1. The van der Waals surface area contributed by atoms with Gasteiger partial charge in [-0.15, -0.1) is 11.3 Å². The first-order valence-corrected chi connectivity index (χ1v) is 18.2. The number of aromatic nitrogens is 3. The zero-order valence-electron chi connectivity index (χ0n) is 27.7. The second-order valence-corrected chi connectivity index (χ2v) is 16.1. The lowest BCUT2D eigenvalue weighted by molar-refractivity contribution is 0.0513. The van der Waals surface area contributed by atoms with Crippen LogP contribution >= 0.6 is 11.3 Å². The monoisotopic (exact) mass is 681 g/mol. The van der Waals surface area contributed by atoms with Gasteiger partial charge in [0.1, 0.15) is 6.61 Å². The summed E-state index contributed by atoms with van der Waals surface area (Å²) in [6, 6.07) is 21.6. The second-order valence-electron chi connectivity index (χ2n) is 13.4. The third-order valence-electron chi connectivity index (χ3n) is 8.24. The number of nitrogens with zero attached hydrogens (tertiary/aromatic N) is 4. The number of anilines is 1. The van der Waals surface area contributed by atoms with Crippen molar-refractivity contribution in [3.8, 4) is 17.1 Å². The van der Waals surface area contributed by atoms with Gasteiger partial charge >= 0.3 is 0 Å². The molecule has 1 aliphatic rings. The van der Waals surface area contributed by atoms with Gasteiger partial charge in [-0.1, -0.05) is 69.3 Å². The number of ether oxygens (including phenoxy) is 1. The third-order valence-corrected chi connectivity index (χ3v) is 10.4. The molecule has 0 aliphatic carbocycles. The molecule has 0 fully saturated rings. The molecule has 3 heterocycles. The van der Waals surface area contributed by atoms with E-state index >= 15 is 0 Å². The van der Waals surface area contributed by atoms with E-state index in [-0.39, 0.29) is 46.3 Å². The van der Waals surface area contributed by atoms with Crippen LogP contribution in [0.25, 0.3) is 11.3 Å². The number of benzene rings is 3. The van der Waals surface area contributed by atoms with Crippen LogP contribution in [0, 0.1) is 19.3 Å². The van der Waals surface area contributed by atoms with Crippen LogP contribution in [0.15, 0.2) is 89.3 Å². The summed E-state index contributed by atoms with van der Waals surface area (Å²) in [4.78, 5) is 29.7. The van der Waals surface area contributed by atoms with Crippen LogP contribution in [0.5, 0.6) is 5.88 Å². The number of fused-ring (bicyclic) bond motifs is 4. The Balaban J connectivity index is 1.43. The quantitative estimate of drug-likeness (QED) is 0.198. The van der Waals surface area contributed by atoms with Crippen molar-refractivity contribution in [3.05, 3.63) is 117 Å². The summed E-state index contributed by atoms with van der Waals surface area (Å²) in [5.74, 6) is -0.183. The van der Waals surface area contributed by atoms with Crippen molar-refractivity contribution in [2.75, 3.05) is 11.3 Å². The third kappa shape index (κ3) is 7.74. The highest BCUT2D eigenvalue weighted by atomic mass is 32.2. The van der Waals surface area contributed by atoms with Crippen LogP contribution in [-0.4, -0.2) is 46.8 Å². The van der Waals surface area contributed by atoms with E-state index in [1.165, 1.54) is 12.1 Å². The maximum absolute atomic E-state index is 14.4. The number of hydrogen-bond donors (Lipinski definition) is 1. The van der Waals surface area contributed by atoms with Crippen molar-refractivity contribution in [1.82, 2.24) is 19.9 Å². The predicted octanol–water partition coefficient (Wildman–Crippen LogP) is 7.45. The van der Waals surface area contributed by atoms with E-state index in [1.54, 1.807) is 40.6 Å². The van der Waals surface area contributed by atoms with Crippen molar-refractivity contribution in [1.29, 1.82) is 0 Å². The van der Waals surface area contributed by atoms with Gasteiger partial charge in [-0.2, -0.15) is 4.98 Å². The maximum atomic E-state index is 14.4. The van der Waals surface area contributed by atoms with Gasteiger partial charge in [0.2, 0.25) is 11.8 Å². The number of rotatable bonds is 6. The van der Waals surface area contributed by atoms with Crippen molar-refractivity contribution < 1.29 is 17.9 Å². The zero-order chi connectivity index (χ0) is 34.1. The first kappa shape index (κ1) is 33.3. The second kappa shape index (κ2) is 13.5. The number of carbonyl (C=O) groups is 1. The molecule has 4 bridgehead atoms. The fourth-order valence-electron chi connectivity index (χ4n) is 6.02. The van der Waals surface area contributed by atoms with Gasteiger partial charge in [0.15, 0.2) is 0 Å². The predicted molar refractivity (Wildman–Crippen MR) is 189 cm³/mol. The molecule has 1 amide bonds. The van der Waals surface area contributed by atoms with E-state index < -0.39 is 10.0 Å². The van der Waals surface area contributed by atoms with E-state index in [2.05, 4.69) is 52.6 Å². The summed E-state index contributed by atoms with van der Waals surface area (Å²) in [6.45, 7) is 10.8. The summed E-state index contributed by atoms with van der Waals surface area (Å²) in [5.41, 5.74) is 5.56. The smallest absolute Gasteiger partial charge is 0.264 e. The van der Waals surface area contributed by atoms with Crippen LogP contribution in [0.4, 0.5) is 5.95 Å². The van der Waals surface area contributed by atoms with E-state index in [0.717, 1.165) is 39.2 Å². The summed E-state index contributed by atoms with van der Waals surface area (Å²) in [7, 11) is -4.15. The van der Waals surface area contributed by atoms with Crippen LogP contribution in [0.3, 0.4) is 0 Å². The van der Waals surface area contributed by atoms with Crippen LogP contribution in [0.1, 0.15) is 64.8 Å². The average Bonchev–Trinajstić information content (AvgIpc) is 3.54. The SMILES string of the molecule is Cc1cccc(C)c1-c1cc2nc(n1)NS(=O)(=O)c1cccc(c1)C(=O)N(Cc1ccc(Cc3nccs3)cc1)[C@H](CC(C)(C)C)CO2. The summed E-state index contributed by atoms with van der Waals surface area (Å²) >= 11 is 1.62. The lowest BCUT2D eigenvalue weighted by Crippen LogP contribution is -2.45. The molecule has 0 spiro atoms. The van der Waals surface area contributed by atoms with Gasteiger partial charge in [-0.3, -0.25) is 4.79 Å². The number of carbonyl (C=O) groups excluding carboxylic acids is 1. The molecule has 0 unspecified atom stereocenters. The molecule has 0 radical (unpaired) electrons. The number of aryl methyl sites for hydroxylation is 2. The zero-order valence-corrected chi connectivity index (χ0v) is 29.4. The van der Waals surface area contributed by atoms with Gasteiger partial charge in [0.05, 0.1) is 21.6 Å². The van der Waals surface area contributed by atoms with Gasteiger partial charge in [0, 0.05) is 41.7 Å². The molecular weight excluding hydrogens is 643 g/mol. The molecule has 11 heteroatoms. The molecule has 1 atom stereocenters. The molecular formula is C37H39N5O4S2. The largest absolute Gasteiger partial charge is 0.475 e. The molecule has 1 N–H and O–H groups in total. The fourth-order valence-corrected chi connectivity index (χ4v) is 7.66. The molecule has 2 aromatic heterocycles. The summed E-state index contributed by atoms with van der Waals surface area (Å²) < 4.78 is 36.3. The first-order valence-electron chi connectivity index (χ1n) is 15.8. The molecule has 0 saturated carbocycles. The standard InChI is InChI=1S/C37H39N5O4S2/c1-24-8-6-9-25(2)34(24)31-20-32-40-36(39-31)41-48(44,45)30-11-7-10-28(19-30)35(43)42(29(23-46-32)21-37(3,4)5)22-27-14-12-26(13-15-27)18-33-38-16-17-47-33/h6-17,19-20,29H,18,21-23H2,1-5H3,(H,39,40,41)/t29-/m1/s1. The Hall–Kier alpha value is -4.61. The van der Waals surface area contributed by atoms with E-state index in [4.69, 9.17) is 4.74 Å². The van der Waals surface area contributed by atoms with Crippen LogP contribution in [-0.2, 0) is 23.0 Å². The highest BCUT2D eigenvalue weighted by Gasteiger charge is 2.31. The van der Waals surface area contributed by atoms with Gasteiger partial charge in [-0.25, -0.2) is 23.1 Å². The lowest BCUT2D eigenvalue weighted by atomic mass is 9.87. The number of nitrogens with one attached hydrogen (secondary N) is 1. The Morgan fingerprint density at radius 3 is 2.35 bits per heavy atom. The van der Waals surface area contributed by atoms with Crippen molar-refractivity contribution >= 4 is 33.2 Å². The molecule has 3 aromatic carbocycles. The summed E-state index contributed by atoms with van der Waals surface area (Å²) in [6.07, 6.45) is 3.17. The number of amides is 1. The molecule has 5 aromatic rings. The minimum atomic E-state index is -4.15. The minimum absolute atomic E-state index is 0.0602. The minimum Gasteiger partial charge on any atom is -0.475 e. The molecule has 9 nitrogen and oxygen atoms in total. The maximum Gasteiger partial charge on any atom is 0.264 e. The Labute approximate surface area is 286 Å². The fraction of sp³-hybridized carbons (Fsp3) is 0.297. The van der Waals surface area contributed by atoms with Crippen molar-refractivity contribution in [3.63, 3.8) is 0 Å². The van der Waals surface area contributed by atoms with E-state index in [1.807, 2.05) is 49.6 Å². The van der Waals surface area contributed by atoms with Gasteiger partial charge in [-0.05, 0) is 66.1 Å². The van der Waals surface area contributed by atoms with Gasteiger partial charge in [0.25, 0.3) is 15.9 Å². The topological polar surface area (TPSA) is 114 Å². The van der Waals surface area contributed by atoms with Crippen molar-refractivity contribution in [2.45, 2.75) is 64.9 Å². The Bertz CT molecular complexity index is 2020.